The zero-order chi connectivity index (χ0) is 14.8. The van der Waals surface area contributed by atoms with E-state index in [2.05, 4.69) is 21.2 Å². The smallest absolute Gasteiger partial charge is 0.175 e. The summed E-state index contributed by atoms with van der Waals surface area (Å²) in [5, 5.41) is 4.55. The van der Waals surface area contributed by atoms with E-state index in [-0.39, 0.29) is 0 Å². The van der Waals surface area contributed by atoms with Gasteiger partial charge in [-0.1, -0.05) is 23.2 Å². The van der Waals surface area contributed by atoms with Crippen LogP contribution < -0.4 is 14.8 Å². The Morgan fingerprint density at radius 1 is 1.10 bits per heavy atom. The molecule has 0 unspecified atom stereocenters. The standard InChI is InChI=1S/C15H12BrCl2NO2/c16-11-5-9(6-14-15(11)21-4-3-20-14)8-19-13-7-10(17)1-2-12(13)18/h1-2,5-7,19H,3-4,8H2. The lowest BCUT2D eigenvalue weighted by Gasteiger charge is -2.20. The van der Waals surface area contributed by atoms with Crippen LogP contribution >= 0.6 is 39.1 Å². The van der Waals surface area contributed by atoms with E-state index >= 15 is 0 Å². The second-order valence-electron chi connectivity index (χ2n) is 4.58. The van der Waals surface area contributed by atoms with Gasteiger partial charge in [-0.2, -0.15) is 0 Å². The molecule has 0 saturated heterocycles. The average Bonchev–Trinajstić information content (AvgIpc) is 2.48. The van der Waals surface area contributed by atoms with Gasteiger partial charge in [-0.05, 0) is 51.8 Å². The molecule has 1 aliphatic heterocycles. The summed E-state index contributed by atoms with van der Waals surface area (Å²) in [6, 6.07) is 9.29. The molecule has 2 aromatic carbocycles. The molecule has 1 N–H and O–H groups in total. The number of hydrogen-bond acceptors (Lipinski definition) is 3. The maximum absolute atomic E-state index is 6.13. The van der Waals surface area contributed by atoms with E-state index in [1.807, 2.05) is 12.1 Å². The van der Waals surface area contributed by atoms with Gasteiger partial charge in [-0.25, -0.2) is 0 Å². The van der Waals surface area contributed by atoms with Gasteiger partial charge in [0.15, 0.2) is 11.5 Å². The van der Waals surface area contributed by atoms with E-state index in [0.29, 0.717) is 29.8 Å². The van der Waals surface area contributed by atoms with Crippen molar-refractivity contribution >= 4 is 44.8 Å². The van der Waals surface area contributed by atoms with E-state index in [0.717, 1.165) is 27.2 Å². The van der Waals surface area contributed by atoms with Crippen molar-refractivity contribution in [3.05, 3.63) is 50.4 Å². The average molecular weight is 389 g/mol. The molecule has 0 radical (unpaired) electrons. The molecule has 3 rings (SSSR count). The maximum Gasteiger partial charge on any atom is 0.175 e. The van der Waals surface area contributed by atoms with Gasteiger partial charge >= 0.3 is 0 Å². The van der Waals surface area contributed by atoms with Crippen molar-refractivity contribution in [1.29, 1.82) is 0 Å². The van der Waals surface area contributed by atoms with Crippen molar-refractivity contribution in [3.8, 4) is 11.5 Å². The summed E-state index contributed by atoms with van der Waals surface area (Å²) in [7, 11) is 0. The Labute approximate surface area is 141 Å². The van der Waals surface area contributed by atoms with Crippen LogP contribution in [0.15, 0.2) is 34.8 Å². The molecule has 21 heavy (non-hydrogen) atoms. The number of fused-ring (bicyclic) bond motifs is 1. The van der Waals surface area contributed by atoms with E-state index in [9.17, 15) is 0 Å². The highest BCUT2D eigenvalue weighted by molar-refractivity contribution is 9.10. The zero-order valence-electron chi connectivity index (χ0n) is 11.0. The minimum Gasteiger partial charge on any atom is -0.486 e. The van der Waals surface area contributed by atoms with Gasteiger partial charge in [0.1, 0.15) is 13.2 Å². The quantitative estimate of drug-likeness (QED) is 0.789. The number of benzene rings is 2. The van der Waals surface area contributed by atoms with Crippen molar-refractivity contribution in [2.24, 2.45) is 0 Å². The van der Waals surface area contributed by atoms with Gasteiger partial charge in [0, 0.05) is 11.6 Å². The molecule has 0 amide bonds. The summed E-state index contributed by atoms with van der Waals surface area (Å²) in [5.74, 6) is 1.51. The third-order valence-electron chi connectivity index (χ3n) is 3.07. The van der Waals surface area contributed by atoms with Crippen LogP contribution in [0.1, 0.15) is 5.56 Å². The molecule has 0 spiro atoms. The van der Waals surface area contributed by atoms with Crippen molar-refractivity contribution in [3.63, 3.8) is 0 Å². The summed E-state index contributed by atoms with van der Waals surface area (Å²) < 4.78 is 12.1. The Balaban J connectivity index is 1.79. The van der Waals surface area contributed by atoms with Gasteiger partial charge in [0.05, 0.1) is 15.2 Å². The summed E-state index contributed by atoms with van der Waals surface area (Å²) in [6.45, 7) is 1.74. The Morgan fingerprint density at radius 3 is 2.76 bits per heavy atom. The molecule has 110 valence electrons. The van der Waals surface area contributed by atoms with Gasteiger partial charge in [-0.3, -0.25) is 0 Å². The van der Waals surface area contributed by atoms with Crippen LogP contribution in [0.2, 0.25) is 10.0 Å². The van der Waals surface area contributed by atoms with Crippen LogP contribution in [0.3, 0.4) is 0 Å². The molecule has 0 aliphatic carbocycles. The Hall–Kier alpha value is -1.10. The lowest BCUT2D eigenvalue weighted by atomic mass is 10.2. The minimum atomic E-state index is 0.566. The molecule has 6 heteroatoms. The highest BCUT2D eigenvalue weighted by Gasteiger charge is 2.16. The summed E-state index contributed by atoms with van der Waals surface area (Å²) in [4.78, 5) is 0. The second kappa shape index (κ2) is 6.34. The monoisotopic (exact) mass is 387 g/mol. The summed E-state index contributed by atoms with van der Waals surface area (Å²) in [5.41, 5.74) is 1.86. The molecule has 0 saturated carbocycles. The first kappa shape index (κ1) is 14.8. The first-order valence-electron chi connectivity index (χ1n) is 6.40. The van der Waals surface area contributed by atoms with Crippen LogP contribution in [0.25, 0.3) is 0 Å². The SMILES string of the molecule is Clc1ccc(Cl)c(NCc2cc(Br)c3c(c2)OCCO3)c1. The number of anilines is 1. The van der Waals surface area contributed by atoms with Crippen molar-refractivity contribution in [2.45, 2.75) is 6.54 Å². The van der Waals surface area contributed by atoms with Crippen molar-refractivity contribution < 1.29 is 9.47 Å². The van der Waals surface area contributed by atoms with Crippen molar-refractivity contribution in [1.82, 2.24) is 0 Å². The van der Waals surface area contributed by atoms with Gasteiger partial charge in [0.25, 0.3) is 0 Å². The Bertz CT molecular complexity index is 679. The molecule has 0 aromatic heterocycles. The zero-order valence-corrected chi connectivity index (χ0v) is 14.1. The maximum atomic E-state index is 6.13. The van der Waals surface area contributed by atoms with E-state index in [1.165, 1.54) is 0 Å². The minimum absolute atomic E-state index is 0.566. The lowest BCUT2D eigenvalue weighted by Crippen LogP contribution is -2.16. The third kappa shape index (κ3) is 3.39. The first-order valence-corrected chi connectivity index (χ1v) is 7.95. The molecule has 3 nitrogen and oxygen atoms in total. The van der Waals surface area contributed by atoms with Crippen molar-refractivity contribution in [2.75, 3.05) is 18.5 Å². The van der Waals surface area contributed by atoms with E-state index in [1.54, 1.807) is 18.2 Å². The Morgan fingerprint density at radius 2 is 1.90 bits per heavy atom. The molecule has 0 atom stereocenters. The predicted molar refractivity (Wildman–Crippen MR) is 88.9 cm³/mol. The van der Waals surface area contributed by atoms with Crippen LogP contribution in [0.4, 0.5) is 5.69 Å². The number of halogens is 3. The van der Waals surface area contributed by atoms with Gasteiger partial charge < -0.3 is 14.8 Å². The molecule has 0 bridgehead atoms. The molecular weight excluding hydrogens is 377 g/mol. The summed E-state index contributed by atoms with van der Waals surface area (Å²) in [6.07, 6.45) is 0. The molecule has 0 fully saturated rings. The first-order chi connectivity index (χ1) is 10.1. The van der Waals surface area contributed by atoms with Crippen LogP contribution in [-0.2, 0) is 6.54 Å². The lowest BCUT2D eigenvalue weighted by molar-refractivity contribution is 0.170. The predicted octanol–water partition coefficient (Wildman–Crippen LogP) is 5.14. The fourth-order valence-electron chi connectivity index (χ4n) is 2.10. The molecular formula is C15H12BrCl2NO2. The number of ether oxygens (including phenoxy) is 2. The van der Waals surface area contributed by atoms with E-state index in [4.69, 9.17) is 32.7 Å². The van der Waals surface area contributed by atoms with Crippen LogP contribution in [-0.4, -0.2) is 13.2 Å². The second-order valence-corrected chi connectivity index (χ2v) is 6.28. The fourth-order valence-corrected chi connectivity index (χ4v) is 3.06. The molecule has 1 heterocycles. The number of hydrogen-bond donors (Lipinski definition) is 1. The normalized spacial score (nSPS) is 13.1. The third-order valence-corrected chi connectivity index (χ3v) is 4.22. The van der Waals surface area contributed by atoms with Gasteiger partial charge in [-0.15, -0.1) is 0 Å². The Kier molecular flexibility index (Phi) is 4.48. The highest BCUT2D eigenvalue weighted by atomic mass is 79.9. The highest BCUT2D eigenvalue weighted by Crippen LogP contribution is 2.38. The van der Waals surface area contributed by atoms with Crippen LogP contribution in [0, 0.1) is 0 Å². The number of nitrogens with one attached hydrogen (secondary N) is 1. The number of rotatable bonds is 3. The van der Waals surface area contributed by atoms with E-state index < -0.39 is 0 Å². The molecule has 2 aromatic rings. The van der Waals surface area contributed by atoms with Crippen LogP contribution in [0.5, 0.6) is 11.5 Å². The van der Waals surface area contributed by atoms with Gasteiger partial charge in [0.2, 0.25) is 0 Å². The molecule has 1 aliphatic rings. The topological polar surface area (TPSA) is 30.5 Å². The fraction of sp³-hybridized carbons (Fsp3) is 0.200. The summed E-state index contributed by atoms with van der Waals surface area (Å²) >= 11 is 15.6. The largest absolute Gasteiger partial charge is 0.486 e.